The zero-order valence-electron chi connectivity index (χ0n) is 12.4. The normalized spacial score (nSPS) is 13.4. The Hall–Kier alpha value is -1.51. The first-order valence-corrected chi connectivity index (χ1v) is 8.12. The average molecular weight is 315 g/mol. The summed E-state index contributed by atoms with van der Waals surface area (Å²) in [5, 5.41) is 11.1. The summed E-state index contributed by atoms with van der Waals surface area (Å²) in [5.74, 6) is 0.392. The highest BCUT2D eigenvalue weighted by molar-refractivity contribution is 7.89. The van der Waals surface area contributed by atoms with Gasteiger partial charge in [-0.2, -0.15) is 0 Å². The van der Waals surface area contributed by atoms with Crippen LogP contribution in [0.3, 0.4) is 0 Å². The summed E-state index contributed by atoms with van der Waals surface area (Å²) in [4.78, 5) is 10.4. The Kier molecular flexibility index (Phi) is 5.82. The molecule has 21 heavy (non-hydrogen) atoms. The second kappa shape index (κ2) is 6.97. The zero-order valence-corrected chi connectivity index (χ0v) is 13.2. The Balaban J connectivity index is 3.14. The maximum atomic E-state index is 11.7. The highest BCUT2D eigenvalue weighted by Crippen LogP contribution is 2.24. The highest BCUT2D eigenvalue weighted by atomic mass is 32.2. The monoisotopic (exact) mass is 315 g/mol. The van der Waals surface area contributed by atoms with Crippen LogP contribution in [0.4, 0.5) is 5.69 Å². The molecule has 0 radical (unpaired) electrons. The molecule has 0 saturated carbocycles. The molecule has 1 rings (SSSR count). The molecule has 0 amide bonds. The van der Waals surface area contributed by atoms with Gasteiger partial charge in [-0.05, 0) is 31.9 Å². The van der Waals surface area contributed by atoms with Gasteiger partial charge in [-0.15, -0.1) is 0 Å². The van der Waals surface area contributed by atoms with Gasteiger partial charge >= 0.3 is 0 Å². The summed E-state index contributed by atoms with van der Waals surface area (Å²) < 4.78 is 25.5. The van der Waals surface area contributed by atoms with Crippen LogP contribution in [0.1, 0.15) is 25.8 Å². The van der Waals surface area contributed by atoms with Crippen LogP contribution in [-0.2, 0) is 16.4 Å². The van der Waals surface area contributed by atoms with Crippen LogP contribution in [-0.4, -0.2) is 26.4 Å². The fourth-order valence-corrected chi connectivity index (χ4v) is 2.89. The molecule has 0 aromatic heterocycles. The minimum atomic E-state index is -3.70. The number of hydrogen-bond donors (Lipinski definition) is 2. The molecular formula is C13H21N3O4S. The topological polar surface area (TPSA) is 115 Å². The molecule has 1 aromatic carbocycles. The van der Waals surface area contributed by atoms with Gasteiger partial charge in [-0.1, -0.05) is 19.9 Å². The molecule has 1 aromatic rings. The molecule has 0 saturated heterocycles. The average Bonchev–Trinajstić information content (AvgIpc) is 2.37. The van der Waals surface area contributed by atoms with E-state index in [1.807, 2.05) is 13.8 Å². The quantitative estimate of drug-likeness (QED) is 0.583. The molecule has 0 aliphatic rings. The summed E-state index contributed by atoms with van der Waals surface area (Å²) in [7, 11) is -2.45. The SMILES string of the molecule is CNS(=O)(=O)c1ccc(CC(N)CC(C)C)c([N+](=O)[O-])c1. The van der Waals surface area contributed by atoms with E-state index in [9.17, 15) is 18.5 Å². The lowest BCUT2D eigenvalue weighted by molar-refractivity contribution is -0.385. The van der Waals surface area contributed by atoms with E-state index in [1.165, 1.54) is 19.2 Å². The van der Waals surface area contributed by atoms with Crippen molar-refractivity contribution in [3.63, 3.8) is 0 Å². The van der Waals surface area contributed by atoms with Crippen molar-refractivity contribution in [3.05, 3.63) is 33.9 Å². The number of sulfonamides is 1. The van der Waals surface area contributed by atoms with Crippen LogP contribution in [0.15, 0.2) is 23.1 Å². The summed E-state index contributed by atoms with van der Waals surface area (Å²) in [6, 6.07) is 3.69. The Morgan fingerprint density at radius 2 is 2.00 bits per heavy atom. The Labute approximate surface area is 124 Å². The molecule has 1 atom stereocenters. The first kappa shape index (κ1) is 17.5. The van der Waals surface area contributed by atoms with Gasteiger partial charge in [0.05, 0.1) is 9.82 Å². The maximum absolute atomic E-state index is 11.7. The third-order valence-electron chi connectivity index (χ3n) is 3.09. The van der Waals surface area contributed by atoms with Gasteiger partial charge in [0, 0.05) is 17.7 Å². The molecule has 118 valence electrons. The molecule has 7 nitrogen and oxygen atoms in total. The smallest absolute Gasteiger partial charge is 0.273 e. The molecular weight excluding hydrogens is 294 g/mol. The number of nitro groups is 1. The van der Waals surface area contributed by atoms with Gasteiger partial charge in [-0.3, -0.25) is 10.1 Å². The molecule has 0 spiro atoms. The van der Waals surface area contributed by atoms with E-state index in [-0.39, 0.29) is 16.6 Å². The van der Waals surface area contributed by atoms with Gasteiger partial charge in [0.25, 0.3) is 5.69 Å². The van der Waals surface area contributed by atoms with E-state index in [0.717, 1.165) is 12.5 Å². The van der Waals surface area contributed by atoms with Gasteiger partial charge in [0.15, 0.2) is 0 Å². The number of nitrogens with zero attached hydrogens (tertiary/aromatic N) is 1. The van der Waals surface area contributed by atoms with Crippen molar-refractivity contribution in [2.24, 2.45) is 11.7 Å². The molecule has 1 unspecified atom stereocenters. The summed E-state index contributed by atoms with van der Waals surface area (Å²) in [6.45, 7) is 4.05. The fraction of sp³-hybridized carbons (Fsp3) is 0.538. The van der Waals surface area contributed by atoms with Crippen LogP contribution < -0.4 is 10.5 Å². The lowest BCUT2D eigenvalue weighted by Gasteiger charge is -2.14. The van der Waals surface area contributed by atoms with E-state index in [2.05, 4.69) is 4.72 Å². The molecule has 8 heteroatoms. The van der Waals surface area contributed by atoms with Crippen molar-refractivity contribution in [3.8, 4) is 0 Å². The predicted molar refractivity (Wildman–Crippen MR) is 80.5 cm³/mol. The van der Waals surface area contributed by atoms with E-state index < -0.39 is 14.9 Å². The fourth-order valence-electron chi connectivity index (χ4n) is 2.14. The third kappa shape index (κ3) is 4.76. The maximum Gasteiger partial charge on any atom is 0.273 e. The van der Waals surface area contributed by atoms with Crippen molar-refractivity contribution in [1.29, 1.82) is 0 Å². The van der Waals surface area contributed by atoms with Crippen molar-refractivity contribution in [2.45, 2.75) is 37.6 Å². The summed E-state index contributed by atoms with van der Waals surface area (Å²) in [6.07, 6.45) is 1.09. The van der Waals surface area contributed by atoms with Crippen LogP contribution in [0.25, 0.3) is 0 Å². The molecule has 0 aliphatic heterocycles. The van der Waals surface area contributed by atoms with Gasteiger partial charge in [-0.25, -0.2) is 13.1 Å². The summed E-state index contributed by atoms with van der Waals surface area (Å²) >= 11 is 0. The van der Waals surface area contributed by atoms with Crippen molar-refractivity contribution in [1.82, 2.24) is 4.72 Å². The summed E-state index contributed by atoms with van der Waals surface area (Å²) in [5.41, 5.74) is 6.20. The van der Waals surface area contributed by atoms with Gasteiger partial charge in [0.2, 0.25) is 10.0 Å². The molecule has 0 aliphatic carbocycles. The van der Waals surface area contributed by atoms with E-state index in [0.29, 0.717) is 17.9 Å². The lowest BCUT2D eigenvalue weighted by atomic mass is 9.97. The first-order valence-electron chi connectivity index (χ1n) is 6.63. The predicted octanol–water partition coefficient (Wildman–Crippen LogP) is 1.42. The Morgan fingerprint density at radius 1 is 1.38 bits per heavy atom. The minimum Gasteiger partial charge on any atom is -0.327 e. The molecule has 0 heterocycles. The van der Waals surface area contributed by atoms with Crippen molar-refractivity contribution < 1.29 is 13.3 Å². The zero-order chi connectivity index (χ0) is 16.2. The number of hydrogen-bond acceptors (Lipinski definition) is 5. The number of benzene rings is 1. The third-order valence-corrected chi connectivity index (χ3v) is 4.50. The van der Waals surface area contributed by atoms with E-state index in [4.69, 9.17) is 5.73 Å². The molecule has 0 fully saturated rings. The highest BCUT2D eigenvalue weighted by Gasteiger charge is 2.21. The molecule has 0 bridgehead atoms. The Bertz CT molecular complexity index is 614. The van der Waals surface area contributed by atoms with Crippen LogP contribution >= 0.6 is 0 Å². The first-order chi connectivity index (χ1) is 9.67. The second-order valence-electron chi connectivity index (χ2n) is 5.35. The number of nitrogens with one attached hydrogen (secondary N) is 1. The van der Waals surface area contributed by atoms with Gasteiger partial charge < -0.3 is 5.73 Å². The standard InChI is InChI=1S/C13H21N3O4S/c1-9(2)6-11(14)7-10-4-5-12(21(19,20)15-3)8-13(10)16(17)18/h4-5,8-9,11,15H,6-7,14H2,1-3H3. The Morgan fingerprint density at radius 3 is 2.48 bits per heavy atom. The number of nitro benzene ring substituents is 1. The second-order valence-corrected chi connectivity index (χ2v) is 7.24. The lowest BCUT2D eigenvalue weighted by Crippen LogP contribution is -2.25. The number of rotatable bonds is 7. The van der Waals surface area contributed by atoms with Crippen LogP contribution in [0.2, 0.25) is 0 Å². The molecule has 3 N–H and O–H groups in total. The largest absolute Gasteiger partial charge is 0.327 e. The number of nitrogens with two attached hydrogens (primary N) is 1. The van der Waals surface area contributed by atoms with Gasteiger partial charge in [0.1, 0.15) is 0 Å². The van der Waals surface area contributed by atoms with Crippen LogP contribution in [0, 0.1) is 16.0 Å². The van der Waals surface area contributed by atoms with Crippen molar-refractivity contribution >= 4 is 15.7 Å². The minimum absolute atomic E-state index is 0.127. The van der Waals surface area contributed by atoms with E-state index in [1.54, 1.807) is 0 Å². The van der Waals surface area contributed by atoms with Crippen LogP contribution in [0.5, 0.6) is 0 Å². The van der Waals surface area contributed by atoms with Crippen molar-refractivity contribution in [2.75, 3.05) is 7.05 Å². The van der Waals surface area contributed by atoms with E-state index >= 15 is 0 Å².